The van der Waals surface area contributed by atoms with Gasteiger partial charge < -0.3 is 9.73 Å². The van der Waals surface area contributed by atoms with Gasteiger partial charge in [0.1, 0.15) is 28.8 Å². The van der Waals surface area contributed by atoms with Crippen molar-refractivity contribution in [1.29, 1.82) is 0 Å². The molecule has 0 unspecified atom stereocenters. The van der Waals surface area contributed by atoms with Gasteiger partial charge in [0.05, 0.1) is 10.5 Å². The van der Waals surface area contributed by atoms with Crippen molar-refractivity contribution in [3.63, 3.8) is 0 Å². The zero-order chi connectivity index (χ0) is 35.9. The predicted molar refractivity (Wildman–Crippen MR) is 190 cm³/mol. The third kappa shape index (κ3) is 6.44. The first-order valence-electron chi connectivity index (χ1n) is 17.4. The van der Waals surface area contributed by atoms with Crippen LogP contribution in [0.2, 0.25) is 0 Å². The highest BCUT2D eigenvalue weighted by Crippen LogP contribution is 2.38. The fraction of sp³-hybridized carbons (Fsp3) is 0.378. The number of hydrogen-bond acceptors (Lipinski definition) is 8. The molecule has 1 aliphatic carbocycles. The van der Waals surface area contributed by atoms with E-state index in [9.17, 15) is 31.2 Å². The topological polar surface area (TPSA) is 154 Å². The molecule has 0 bridgehead atoms. The Morgan fingerprint density at radius 3 is 2.24 bits per heavy atom. The predicted octanol–water partition coefficient (Wildman–Crippen LogP) is 5.28. The lowest BCUT2D eigenvalue weighted by Crippen LogP contribution is -2.50. The first-order chi connectivity index (χ1) is 24.5. The number of carbonyl (C=O) groups excluding carboxylic acids is 3. The first-order valence-corrected chi connectivity index (χ1v) is 20.2. The largest absolute Gasteiger partial charge is 0.461 e. The molecule has 3 heterocycles. The summed E-state index contributed by atoms with van der Waals surface area (Å²) in [6.45, 7) is 1.61. The number of nitrogens with one attached hydrogen (secondary N) is 1. The average Bonchev–Trinajstić information content (AvgIpc) is 3.70. The average molecular weight is 733 g/mol. The van der Waals surface area contributed by atoms with Crippen LogP contribution in [0, 0.1) is 6.92 Å². The van der Waals surface area contributed by atoms with Gasteiger partial charge in [-0.3, -0.25) is 19.3 Å². The maximum absolute atomic E-state index is 14.7. The van der Waals surface area contributed by atoms with Crippen molar-refractivity contribution < 1.29 is 35.6 Å². The standard InChI is InChI=1S/C37H40N4O8S2/c1-25-34(29-14-6-8-16-31(29)49-25)35(36(43)38-26-12-4-5-13-26)41(33(42)24-40-37(44)30-15-7-9-17-32(30)51(40,47)48)27-18-20-28(21-19-27)50(45,46)39-22-10-2-3-11-23-39/h6-9,14-21,26,35H,2-5,10-13,22-24H2,1H3,(H,38,43)/t35-/m0/s1. The molecule has 1 N–H and O–H groups in total. The quantitative estimate of drug-likeness (QED) is 0.244. The third-order valence-corrected chi connectivity index (χ3v) is 13.8. The van der Waals surface area contributed by atoms with Crippen molar-refractivity contribution in [3.05, 3.63) is 89.7 Å². The van der Waals surface area contributed by atoms with Crippen LogP contribution < -0.4 is 10.2 Å². The third-order valence-electron chi connectivity index (χ3n) is 10.1. The molecule has 2 aliphatic heterocycles. The number of aryl methyl sites for hydroxylation is 1. The van der Waals surface area contributed by atoms with Gasteiger partial charge in [-0.1, -0.05) is 56.0 Å². The SMILES string of the molecule is Cc1oc2ccccc2c1[C@@H](C(=O)NC1CCCC1)N(C(=O)CN1C(=O)c2ccccc2S1(=O)=O)c1ccc(S(=O)(=O)N2CCCCCC2)cc1. The van der Waals surface area contributed by atoms with Crippen LogP contribution in [0.15, 0.2) is 87.0 Å². The minimum Gasteiger partial charge on any atom is -0.461 e. The highest BCUT2D eigenvalue weighted by molar-refractivity contribution is 7.90. The van der Waals surface area contributed by atoms with Crippen molar-refractivity contribution in [1.82, 2.24) is 13.9 Å². The minimum atomic E-state index is -4.38. The molecule has 4 aromatic rings. The Balaban J connectivity index is 1.34. The normalized spacial score (nSPS) is 18.8. The number of benzene rings is 3. The van der Waals surface area contributed by atoms with Crippen LogP contribution in [0.5, 0.6) is 0 Å². The Labute approximate surface area is 297 Å². The second kappa shape index (κ2) is 13.9. The molecule has 268 valence electrons. The fourth-order valence-corrected chi connectivity index (χ4v) is 10.5. The number of nitrogens with zero attached hydrogens (tertiary/aromatic N) is 3. The Kier molecular flexibility index (Phi) is 9.50. The summed E-state index contributed by atoms with van der Waals surface area (Å²) < 4.78 is 62.6. The lowest BCUT2D eigenvalue weighted by molar-refractivity contribution is -0.127. The van der Waals surface area contributed by atoms with Gasteiger partial charge in [-0.2, -0.15) is 4.31 Å². The van der Waals surface area contributed by atoms with Crippen LogP contribution in [0.25, 0.3) is 11.0 Å². The number of carbonyl (C=O) groups is 3. The van der Waals surface area contributed by atoms with Crippen molar-refractivity contribution in [2.75, 3.05) is 24.5 Å². The van der Waals surface area contributed by atoms with E-state index in [4.69, 9.17) is 4.42 Å². The summed E-state index contributed by atoms with van der Waals surface area (Å²) in [6, 6.07) is 17.0. The van der Waals surface area contributed by atoms with Gasteiger partial charge in [0, 0.05) is 35.8 Å². The number of sulfonamides is 2. The molecule has 14 heteroatoms. The second-order valence-electron chi connectivity index (χ2n) is 13.3. The summed E-state index contributed by atoms with van der Waals surface area (Å²) in [5, 5.41) is 3.69. The number of para-hydroxylation sites is 1. The van der Waals surface area contributed by atoms with Crippen molar-refractivity contribution >= 4 is 54.4 Å². The highest BCUT2D eigenvalue weighted by atomic mass is 32.2. The van der Waals surface area contributed by atoms with Crippen molar-refractivity contribution in [2.45, 2.75) is 80.2 Å². The minimum absolute atomic E-state index is 0.0326. The van der Waals surface area contributed by atoms with Crippen LogP contribution in [-0.4, -0.2) is 68.8 Å². The van der Waals surface area contributed by atoms with Gasteiger partial charge in [-0.15, -0.1) is 0 Å². The molecule has 1 aromatic heterocycles. The maximum atomic E-state index is 14.7. The van der Waals surface area contributed by atoms with E-state index in [2.05, 4.69) is 5.32 Å². The van der Waals surface area contributed by atoms with Crippen LogP contribution in [0.1, 0.15) is 79.1 Å². The summed E-state index contributed by atoms with van der Waals surface area (Å²) in [4.78, 5) is 43.7. The van der Waals surface area contributed by atoms with E-state index in [0.717, 1.165) is 51.4 Å². The highest BCUT2D eigenvalue weighted by Gasteiger charge is 2.45. The van der Waals surface area contributed by atoms with Crippen LogP contribution in [0.3, 0.4) is 0 Å². The Morgan fingerprint density at radius 2 is 1.55 bits per heavy atom. The molecule has 3 aromatic carbocycles. The van der Waals surface area contributed by atoms with Gasteiger partial charge in [-0.05, 0) is 75.1 Å². The van der Waals surface area contributed by atoms with Crippen molar-refractivity contribution in [2.24, 2.45) is 0 Å². The zero-order valence-electron chi connectivity index (χ0n) is 28.3. The number of rotatable bonds is 9. The van der Waals surface area contributed by atoms with Crippen LogP contribution in [-0.2, 0) is 29.6 Å². The van der Waals surface area contributed by atoms with Gasteiger partial charge in [0.15, 0.2) is 0 Å². The van der Waals surface area contributed by atoms with E-state index in [1.54, 1.807) is 37.3 Å². The summed E-state index contributed by atoms with van der Waals surface area (Å²) in [5.74, 6) is -1.85. The van der Waals surface area contributed by atoms with E-state index in [-0.39, 0.29) is 27.1 Å². The number of hydrogen-bond donors (Lipinski definition) is 1. The van der Waals surface area contributed by atoms with E-state index < -0.39 is 50.4 Å². The van der Waals surface area contributed by atoms with E-state index >= 15 is 0 Å². The Hall–Kier alpha value is -4.53. The molecule has 12 nitrogen and oxygen atoms in total. The summed E-state index contributed by atoms with van der Waals surface area (Å²) in [5.41, 5.74) is 0.983. The molecule has 3 aliphatic rings. The Morgan fingerprint density at radius 1 is 0.902 bits per heavy atom. The number of furan rings is 1. The number of fused-ring (bicyclic) bond motifs is 2. The molecular formula is C37H40N4O8S2. The second-order valence-corrected chi connectivity index (χ2v) is 17.1. The summed E-state index contributed by atoms with van der Waals surface area (Å²) in [6.07, 6.45) is 6.83. The first kappa shape index (κ1) is 34.9. The van der Waals surface area contributed by atoms with E-state index in [1.807, 2.05) is 0 Å². The Bertz CT molecular complexity index is 2200. The smallest absolute Gasteiger partial charge is 0.269 e. The van der Waals surface area contributed by atoms with Crippen LogP contribution in [0.4, 0.5) is 5.69 Å². The molecule has 1 saturated heterocycles. The van der Waals surface area contributed by atoms with Gasteiger partial charge in [0.25, 0.3) is 15.9 Å². The molecule has 1 saturated carbocycles. The zero-order valence-corrected chi connectivity index (χ0v) is 29.9. The lowest BCUT2D eigenvalue weighted by atomic mass is 9.99. The summed E-state index contributed by atoms with van der Waals surface area (Å²) in [7, 11) is -8.22. The molecule has 2 fully saturated rings. The van der Waals surface area contributed by atoms with Gasteiger partial charge >= 0.3 is 0 Å². The molecule has 0 radical (unpaired) electrons. The molecule has 3 amide bonds. The fourth-order valence-electron chi connectivity index (χ4n) is 7.49. The van der Waals surface area contributed by atoms with Gasteiger partial charge in [-0.25, -0.2) is 21.1 Å². The molecular weight excluding hydrogens is 693 g/mol. The van der Waals surface area contributed by atoms with Crippen molar-refractivity contribution in [3.8, 4) is 0 Å². The lowest BCUT2D eigenvalue weighted by Gasteiger charge is -2.33. The molecule has 7 rings (SSSR count). The maximum Gasteiger partial charge on any atom is 0.269 e. The van der Waals surface area contributed by atoms with Gasteiger partial charge in [0.2, 0.25) is 21.8 Å². The number of amides is 3. The monoisotopic (exact) mass is 732 g/mol. The molecule has 51 heavy (non-hydrogen) atoms. The molecule has 1 atom stereocenters. The van der Waals surface area contributed by atoms with E-state index in [0.29, 0.717) is 39.7 Å². The molecule has 0 spiro atoms. The summed E-state index contributed by atoms with van der Waals surface area (Å²) >= 11 is 0. The van der Waals surface area contributed by atoms with E-state index in [1.165, 1.54) is 51.7 Å². The van der Waals surface area contributed by atoms with Crippen LogP contribution >= 0.6 is 0 Å². The number of anilines is 1.